The number of nitrogens with one attached hydrogen (secondary N) is 1. The first kappa shape index (κ1) is 26.8. The summed E-state index contributed by atoms with van der Waals surface area (Å²) in [6, 6.07) is 11.3. The predicted molar refractivity (Wildman–Crippen MR) is 115 cm³/mol. The molecule has 3 N–H and O–H groups in total. The van der Waals surface area contributed by atoms with Crippen molar-refractivity contribution >= 4 is 21.6 Å². The van der Waals surface area contributed by atoms with Crippen LogP contribution in [0.15, 0.2) is 71.6 Å². The molecule has 0 aliphatic rings. The van der Waals surface area contributed by atoms with Gasteiger partial charge in [-0.1, -0.05) is 12.1 Å². The molecular weight excluding hydrogens is 518 g/mol. The molecule has 0 saturated heterocycles. The molecule has 0 spiro atoms. The number of hydrogen-bond donors (Lipinski definition) is 2. The Labute approximate surface area is 200 Å². The highest BCUT2D eigenvalue weighted by Gasteiger charge is 2.60. The van der Waals surface area contributed by atoms with Crippen LogP contribution in [0.2, 0.25) is 0 Å². The van der Waals surface area contributed by atoms with Crippen LogP contribution >= 0.6 is 0 Å². The summed E-state index contributed by atoms with van der Waals surface area (Å²) in [4.78, 5) is 12.5. The minimum atomic E-state index is -6.02. The summed E-state index contributed by atoms with van der Waals surface area (Å²) in [7, 11) is -4.16. The molecule has 14 heteroatoms. The fraction of sp³-hybridized carbons (Fsp3) is 0.136. The first-order valence-corrected chi connectivity index (χ1v) is 11.3. The van der Waals surface area contributed by atoms with Crippen molar-refractivity contribution in [1.29, 1.82) is 0 Å². The van der Waals surface area contributed by atoms with Crippen LogP contribution in [0.25, 0.3) is 0 Å². The van der Waals surface area contributed by atoms with Crippen LogP contribution in [0.5, 0.6) is 17.2 Å². The van der Waals surface area contributed by atoms with Gasteiger partial charge in [-0.3, -0.25) is 4.79 Å². The topological polar surface area (TPSA) is 108 Å². The van der Waals surface area contributed by atoms with Crippen molar-refractivity contribution in [3.05, 3.63) is 77.9 Å². The molecule has 0 aliphatic heterocycles. The largest absolute Gasteiger partial charge is 0.463 e. The third-order valence-electron chi connectivity index (χ3n) is 4.64. The van der Waals surface area contributed by atoms with Crippen molar-refractivity contribution in [3.8, 4) is 17.2 Å². The van der Waals surface area contributed by atoms with Crippen LogP contribution in [0.1, 0.15) is 15.9 Å². The second kappa shape index (κ2) is 10.1. The molecule has 192 valence electrons. The highest BCUT2D eigenvalue weighted by molar-refractivity contribution is 7.89. The lowest BCUT2D eigenvalue weighted by Gasteiger charge is -2.24. The number of hydrogen-bond acceptors (Lipinski definition) is 5. The second-order valence-electron chi connectivity index (χ2n) is 7.11. The standard InChI is InChI=1S/C22H16F6N2O5S/c23-12-34-14-7-9-15(10-8-14)35-19-17(5-2-6-18(19)21(24,25)22(26,27)28)20(31)30-13-3-1-4-16(11-13)36(29,32)33/h1-11H,12H2,(H,30,31)(H2,29,32,33). The lowest BCUT2D eigenvalue weighted by atomic mass is 10.0. The molecule has 0 saturated carbocycles. The summed E-state index contributed by atoms with van der Waals surface area (Å²) in [5.41, 5.74) is -2.51. The first-order chi connectivity index (χ1) is 16.7. The molecular formula is C22H16F6N2O5S. The van der Waals surface area contributed by atoms with Crippen molar-refractivity contribution in [3.63, 3.8) is 0 Å². The summed E-state index contributed by atoms with van der Waals surface area (Å²) < 4.78 is 114. The number of anilines is 1. The van der Waals surface area contributed by atoms with Crippen LogP contribution < -0.4 is 19.9 Å². The molecule has 0 unspecified atom stereocenters. The van der Waals surface area contributed by atoms with Crippen molar-refractivity contribution < 1.29 is 49.0 Å². The molecule has 1 amide bonds. The molecule has 0 atom stereocenters. The number of sulfonamides is 1. The van der Waals surface area contributed by atoms with Gasteiger partial charge >= 0.3 is 12.1 Å². The van der Waals surface area contributed by atoms with Gasteiger partial charge in [0.2, 0.25) is 16.9 Å². The number of carbonyl (C=O) groups is 1. The molecule has 7 nitrogen and oxygen atoms in total. The number of carbonyl (C=O) groups excluding carboxylic acids is 1. The van der Waals surface area contributed by atoms with Gasteiger partial charge in [-0.05, 0) is 54.6 Å². The van der Waals surface area contributed by atoms with Crippen molar-refractivity contribution in [2.24, 2.45) is 5.14 Å². The molecule has 0 fully saturated rings. The van der Waals surface area contributed by atoms with Crippen LogP contribution in [0.4, 0.5) is 32.0 Å². The number of rotatable bonds is 8. The molecule has 0 heterocycles. The summed E-state index contributed by atoms with van der Waals surface area (Å²) in [5.74, 6) is -7.96. The SMILES string of the molecule is NS(=O)(=O)c1cccc(NC(=O)c2cccc(C(F)(F)C(F)(F)F)c2Oc2ccc(OCF)cc2)c1. The number of alkyl halides is 6. The Morgan fingerprint density at radius 1 is 0.917 bits per heavy atom. The highest BCUT2D eigenvalue weighted by atomic mass is 32.2. The van der Waals surface area contributed by atoms with Gasteiger partial charge in [0.15, 0.2) is 0 Å². The van der Waals surface area contributed by atoms with Crippen molar-refractivity contribution in [2.75, 3.05) is 12.2 Å². The summed E-state index contributed by atoms with van der Waals surface area (Å²) in [6.07, 6.45) is -6.02. The summed E-state index contributed by atoms with van der Waals surface area (Å²) in [5, 5.41) is 7.25. The van der Waals surface area contributed by atoms with Gasteiger partial charge < -0.3 is 14.8 Å². The zero-order valence-electron chi connectivity index (χ0n) is 17.9. The van der Waals surface area contributed by atoms with Gasteiger partial charge in [0, 0.05) is 5.69 Å². The summed E-state index contributed by atoms with van der Waals surface area (Å²) in [6.45, 7) is -1.17. The van der Waals surface area contributed by atoms with E-state index >= 15 is 0 Å². The zero-order chi connectivity index (χ0) is 26.7. The Bertz CT molecular complexity index is 1360. The Balaban J connectivity index is 2.07. The van der Waals surface area contributed by atoms with Crippen LogP contribution in [-0.2, 0) is 15.9 Å². The van der Waals surface area contributed by atoms with E-state index in [1.165, 1.54) is 12.1 Å². The Hall–Kier alpha value is -3.78. The summed E-state index contributed by atoms with van der Waals surface area (Å²) >= 11 is 0. The zero-order valence-corrected chi connectivity index (χ0v) is 18.7. The third-order valence-corrected chi connectivity index (χ3v) is 5.55. The monoisotopic (exact) mass is 534 g/mol. The van der Waals surface area contributed by atoms with E-state index in [9.17, 15) is 39.6 Å². The number of nitrogens with two attached hydrogens (primary N) is 1. The maximum atomic E-state index is 14.4. The van der Waals surface area contributed by atoms with E-state index in [0.29, 0.717) is 6.07 Å². The van der Waals surface area contributed by atoms with Gasteiger partial charge in [0.25, 0.3) is 5.91 Å². The Kier molecular flexibility index (Phi) is 7.50. The van der Waals surface area contributed by atoms with E-state index in [1.54, 1.807) is 0 Å². The average molecular weight is 534 g/mol. The number of amides is 1. The van der Waals surface area contributed by atoms with Gasteiger partial charge in [-0.15, -0.1) is 0 Å². The first-order valence-electron chi connectivity index (χ1n) is 9.73. The smallest absolute Gasteiger partial charge is 0.458 e. The minimum absolute atomic E-state index is 0.0199. The van der Waals surface area contributed by atoms with Crippen molar-refractivity contribution in [2.45, 2.75) is 17.0 Å². The van der Waals surface area contributed by atoms with Gasteiger partial charge in [0.1, 0.15) is 17.2 Å². The van der Waals surface area contributed by atoms with Crippen LogP contribution in [0, 0.1) is 0 Å². The number of benzene rings is 3. The maximum Gasteiger partial charge on any atom is 0.458 e. The van der Waals surface area contributed by atoms with E-state index in [1.807, 2.05) is 0 Å². The molecule has 3 aromatic rings. The van der Waals surface area contributed by atoms with E-state index in [4.69, 9.17) is 9.88 Å². The average Bonchev–Trinajstić information content (AvgIpc) is 2.79. The lowest BCUT2D eigenvalue weighted by molar-refractivity contribution is -0.289. The fourth-order valence-corrected chi connectivity index (χ4v) is 3.52. The van der Waals surface area contributed by atoms with Gasteiger partial charge in [-0.2, -0.15) is 22.0 Å². The number of para-hydroxylation sites is 1. The molecule has 3 rings (SSSR count). The second-order valence-corrected chi connectivity index (χ2v) is 8.67. The fourth-order valence-electron chi connectivity index (χ4n) is 2.96. The molecule has 0 aliphatic carbocycles. The molecule has 3 aromatic carbocycles. The van der Waals surface area contributed by atoms with E-state index in [2.05, 4.69) is 10.1 Å². The van der Waals surface area contributed by atoms with Gasteiger partial charge in [-0.25, -0.2) is 17.9 Å². The maximum absolute atomic E-state index is 14.4. The molecule has 0 bridgehead atoms. The molecule has 0 radical (unpaired) electrons. The highest BCUT2D eigenvalue weighted by Crippen LogP contribution is 2.49. The Morgan fingerprint density at radius 3 is 2.11 bits per heavy atom. The number of primary sulfonamides is 1. The predicted octanol–water partition coefficient (Wildman–Crippen LogP) is 5.34. The number of ether oxygens (including phenoxy) is 2. The van der Waals surface area contributed by atoms with Crippen LogP contribution in [-0.4, -0.2) is 27.4 Å². The number of halogens is 6. The molecule has 36 heavy (non-hydrogen) atoms. The van der Waals surface area contributed by atoms with Crippen molar-refractivity contribution in [1.82, 2.24) is 0 Å². The van der Waals surface area contributed by atoms with Gasteiger partial charge in [0.05, 0.1) is 16.0 Å². The molecule has 0 aromatic heterocycles. The van der Waals surface area contributed by atoms with Crippen LogP contribution in [0.3, 0.4) is 0 Å². The van der Waals surface area contributed by atoms with E-state index < -0.39 is 51.8 Å². The normalized spacial score (nSPS) is 12.2. The quantitative estimate of drug-likeness (QED) is 0.380. The minimum Gasteiger partial charge on any atom is -0.463 e. The third kappa shape index (κ3) is 5.88. The Morgan fingerprint density at radius 2 is 1.53 bits per heavy atom. The lowest BCUT2D eigenvalue weighted by Crippen LogP contribution is -2.34. The van der Waals surface area contributed by atoms with E-state index in [0.717, 1.165) is 48.5 Å². The van der Waals surface area contributed by atoms with E-state index in [-0.39, 0.29) is 22.1 Å².